The topological polar surface area (TPSA) is 108 Å². The number of esters is 1. The molecule has 0 saturated heterocycles. The van der Waals surface area contributed by atoms with E-state index >= 15 is 0 Å². The molecule has 0 aliphatic rings. The van der Waals surface area contributed by atoms with Crippen molar-refractivity contribution in [1.29, 1.82) is 0 Å². The van der Waals surface area contributed by atoms with Crippen molar-refractivity contribution < 1.29 is 38.0 Å². The van der Waals surface area contributed by atoms with Gasteiger partial charge in [0.05, 0.1) is 85.7 Å². The van der Waals surface area contributed by atoms with Crippen LogP contribution in [0.5, 0.6) is 5.75 Å². The number of hydrogen-bond donors (Lipinski definition) is 1. The molecule has 1 aromatic rings. The molecule has 0 aliphatic heterocycles. The molecule has 0 spiro atoms. The highest BCUT2D eigenvalue weighted by molar-refractivity contribution is 5.72. The number of rotatable bonds is 21. The fourth-order valence-electron chi connectivity index (χ4n) is 2.23. The van der Waals surface area contributed by atoms with Gasteiger partial charge in [-0.1, -0.05) is 17.7 Å². The SMILES string of the molecule is Cc1ccc(OC(=O)CCOCCOCCOCCOCCOCCOCCN)cc1. The zero-order valence-electron chi connectivity index (χ0n) is 18.6. The second kappa shape index (κ2) is 20.3. The fourth-order valence-corrected chi connectivity index (χ4v) is 2.23. The van der Waals surface area contributed by atoms with Gasteiger partial charge < -0.3 is 38.9 Å². The molecular formula is C22H37NO8. The van der Waals surface area contributed by atoms with Crippen molar-refractivity contribution in [3.05, 3.63) is 29.8 Å². The molecular weight excluding hydrogens is 406 g/mol. The lowest BCUT2D eigenvalue weighted by atomic mass is 10.2. The van der Waals surface area contributed by atoms with Gasteiger partial charge in [0, 0.05) is 6.54 Å². The van der Waals surface area contributed by atoms with Gasteiger partial charge in [0.2, 0.25) is 0 Å². The number of hydrogen-bond acceptors (Lipinski definition) is 9. The average Bonchev–Trinajstić information content (AvgIpc) is 2.77. The second-order valence-electron chi connectivity index (χ2n) is 6.50. The maximum atomic E-state index is 11.7. The Morgan fingerprint density at radius 3 is 1.45 bits per heavy atom. The molecule has 0 atom stereocenters. The van der Waals surface area contributed by atoms with Crippen molar-refractivity contribution in [2.24, 2.45) is 5.73 Å². The number of carbonyl (C=O) groups is 1. The quantitative estimate of drug-likeness (QED) is 0.171. The third-order valence-electron chi connectivity index (χ3n) is 3.83. The van der Waals surface area contributed by atoms with Crippen molar-refractivity contribution in [3.8, 4) is 5.75 Å². The number of aryl methyl sites for hydroxylation is 1. The first-order valence-electron chi connectivity index (χ1n) is 10.7. The van der Waals surface area contributed by atoms with E-state index in [1.54, 1.807) is 12.1 Å². The summed E-state index contributed by atoms with van der Waals surface area (Å²) in [6.45, 7) is 8.32. The van der Waals surface area contributed by atoms with Gasteiger partial charge in [-0.05, 0) is 19.1 Å². The monoisotopic (exact) mass is 443 g/mol. The average molecular weight is 444 g/mol. The van der Waals surface area contributed by atoms with Gasteiger partial charge in [-0.15, -0.1) is 0 Å². The van der Waals surface area contributed by atoms with Crippen molar-refractivity contribution in [1.82, 2.24) is 0 Å². The molecule has 0 radical (unpaired) electrons. The van der Waals surface area contributed by atoms with Crippen LogP contribution in [-0.4, -0.2) is 91.8 Å². The molecule has 178 valence electrons. The van der Waals surface area contributed by atoms with E-state index in [0.29, 0.717) is 91.6 Å². The smallest absolute Gasteiger partial charge is 0.313 e. The summed E-state index contributed by atoms with van der Waals surface area (Å²) in [5.74, 6) is 0.227. The molecule has 0 unspecified atom stereocenters. The van der Waals surface area contributed by atoms with Gasteiger partial charge in [0.15, 0.2) is 0 Å². The van der Waals surface area contributed by atoms with E-state index < -0.39 is 0 Å². The molecule has 0 aliphatic carbocycles. The summed E-state index contributed by atoms with van der Waals surface area (Å²) in [5.41, 5.74) is 6.42. The summed E-state index contributed by atoms with van der Waals surface area (Å²) in [5, 5.41) is 0. The van der Waals surface area contributed by atoms with E-state index in [0.717, 1.165) is 5.56 Å². The van der Waals surface area contributed by atoms with Crippen LogP contribution in [0, 0.1) is 6.92 Å². The Hall–Kier alpha value is -1.59. The van der Waals surface area contributed by atoms with Crippen LogP contribution in [0.3, 0.4) is 0 Å². The second-order valence-corrected chi connectivity index (χ2v) is 6.50. The molecule has 0 fully saturated rings. The molecule has 0 heterocycles. The van der Waals surface area contributed by atoms with Crippen LogP contribution < -0.4 is 10.5 Å². The summed E-state index contributed by atoms with van der Waals surface area (Å²) < 4.78 is 37.3. The minimum Gasteiger partial charge on any atom is -0.426 e. The molecule has 1 rings (SSSR count). The van der Waals surface area contributed by atoms with E-state index in [-0.39, 0.29) is 12.4 Å². The Labute approximate surface area is 185 Å². The molecule has 2 N–H and O–H groups in total. The lowest BCUT2D eigenvalue weighted by Gasteiger charge is -2.08. The molecule has 9 nitrogen and oxygen atoms in total. The summed E-state index contributed by atoms with van der Waals surface area (Å²) in [6, 6.07) is 7.33. The van der Waals surface area contributed by atoms with Crippen LogP contribution in [0.25, 0.3) is 0 Å². The summed E-state index contributed by atoms with van der Waals surface area (Å²) in [6.07, 6.45) is 0.199. The van der Waals surface area contributed by atoms with Crippen LogP contribution in [-0.2, 0) is 33.2 Å². The standard InChI is InChI=1S/C22H37NO8/c1-20-2-4-21(5-3-20)31-22(24)6-8-25-10-12-27-14-16-29-18-19-30-17-15-28-13-11-26-9-7-23/h2-5H,6-19,23H2,1H3. The maximum Gasteiger partial charge on any atom is 0.313 e. The third-order valence-corrected chi connectivity index (χ3v) is 3.83. The number of benzene rings is 1. The third kappa shape index (κ3) is 17.8. The van der Waals surface area contributed by atoms with Crippen LogP contribution in [0.4, 0.5) is 0 Å². The molecule has 0 amide bonds. The van der Waals surface area contributed by atoms with Gasteiger partial charge >= 0.3 is 5.97 Å². The Bertz CT molecular complexity index is 541. The van der Waals surface area contributed by atoms with Crippen molar-refractivity contribution >= 4 is 5.97 Å². The van der Waals surface area contributed by atoms with Crippen molar-refractivity contribution in [2.75, 3.05) is 85.8 Å². The summed E-state index contributed by atoms with van der Waals surface area (Å²) in [4.78, 5) is 11.7. The highest BCUT2D eigenvalue weighted by atomic mass is 16.6. The zero-order valence-corrected chi connectivity index (χ0v) is 18.6. The molecule has 9 heteroatoms. The molecule has 1 aromatic carbocycles. The van der Waals surface area contributed by atoms with Crippen molar-refractivity contribution in [3.63, 3.8) is 0 Å². The first-order chi connectivity index (χ1) is 15.2. The minimum absolute atomic E-state index is 0.199. The van der Waals surface area contributed by atoms with Gasteiger partial charge in [0.25, 0.3) is 0 Å². The molecule has 31 heavy (non-hydrogen) atoms. The fraction of sp³-hybridized carbons (Fsp3) is 0.682. The van der Waals surface area contributed by atoms with Gasteiger partial charge in [-0.3, -0.25) is 4.79 Å². The van der Waals surface area contributed by atoms with Gasteiger partial charge in [-0.2, -0.15) is 0 Å². The highest BCUT2D eigenvalue weighted by Gasteiger charge is 2.04. The lowest BCUT2D eigenvalue weighted by molar-refractivity contribution is -0.135. The number of carbonyl (C=O) groups excluding carboxylic acids is 1. The van der Waals surface area contributed by atoms with E-state index in [1.165, 1.54) is 0 Å². The maximum absolute atomic E-state index is 11.7. The normalized spacial score (nSPS) is 11.0. The zero-order chi connectivity index (χ0) is 22.4. The van der Waals surface area contributed by atoms with E-state index in [1.807, 2.05) is 19.1 Å². The largest absolute Gasteiger partial charge is 0.426 e. The number of nitrogens with two attached hydrogens (primary N) is 1. The van der Waals surface area contributed by atoms with Crippen LogP contribution in [0.2, 0.25) is 0 Å². The summed E-state index contributed by atoms with van der Waals surface area (Å²) in [7, 11) is 0. The Balaban J connectivity index is 1.75. The predicted molar refractivity (Wildman–Crippen MR) is 115 cm³/mol. The minimum atomic E-state index is -0.316. The van der Waals surface area contributed by atoms with E-state index in [2.05, 4.69) is 0 Å². The predicted octanol–water partition coefficient (Wildman–Crippen LogP) is 1.35. The van der Waals surface area contributed by atoms with Crippen LogP contribution in [0.1, 0.15) is 12.0 Å². The van der Waals surface area contributed by atoms with Gasteiger partial charge in [-0.25, -0.2) is 0 Å². The van der Waals surface area contributed by atoms with Crippen LogP contribution in [0.15, 0.2) is 24.3 Å². The first kappa shape index (κ1) is 27.4. The first-order valence-corrected chi connectivity index (χ1v) is 10.7. The lowest BCUT2D eigenvalue weighted by Crippen LogP contribution is -2.15. The van der Waals surface area contributed by atoms with E-state index in [9.17, 15) is 4.79 Å². The molecule has 0 aromatic heterocycles. The summed E-state index contributed by atoms with van der Waals surface area (Å²) >= 11 is 0. The molecule has 0 saturated carbocycles. The van der Waals surface area contributed by atoms with Gasteiger partial charge in [0.1, 0.15) is 5.75 Å². The highest BCUT2D eigenvalue weighted by Crippen LogP contribution is 2.11. The van der Waals surface area contributed by atoms with E-state index in [4.69, 9.17) is 38.9 Å². The Morgan fingerprint density at radius 1 is 0.645 bits per heavy atom. The van der Waals surface area contributed by atoms with Crippen molar-refractivity contribution in [2.45, 2.75) is 13.3 Å². The number of ether oxygens (including phenoxy) is 7. The Kier molecular flexibility index (Phi) is 18.0. The molecule has 0 bridgehead atoms. The van der Waals surface area contributed by atoms with Crippen LogP contribution >= 0.6 is 0 Å². The Morgan fingerprint density at radius 2 is 1.03 bits per heavy atom.